The second-order valence-electron chi connectivity index (χ2n) is 5.86. The Morgan fingerprint density at radius 3 is 2.54 bits per heavy atom. The molecule has 0 radical (unpaired) electrons. The molecule has 1 amide bonds. The average molecular weight is 408 g/mol. The summed E-state index contributed by atoms with van der Waals surface area (Å²) in [6, 6.07) is 14.6. The van der Waals surface area contributed by atoms with E-state index in [4.69, 9.17) is 16.9 Å². The highest BCUT2D eigenvalue weighted by Gasteiger charge is 2.33. The predicted molar refractivity (Wildman–Crippen MR) is 102 cm³/mol. The van der Waals surface area contributed by atoms with E-state index < -0.39 is 22.7 Å². The van der Waals surface area contributed by atoms with Gasteiger partial charge in [-0.15, -0.1) is 0 Å². The number of nitriles is 1. The fourth-order valence-corrected chi connectivity index (χ4v) is 2.61. The molecule has 2 aromatic rings. The van der Waals surface area contributed by atoms with Crippen LogP contribution in [-0.2, 0) is 17.4 Å². The summed E-state index contributed by atoms with van der Waals surface area (Å²) < 4.78 is 38.6. The highest BCUT2D eigenvalue weighted by molar-refractivity contribution is 6.31. The van der Waals surface area contributed by atoms with Crippen molar-refractivity contribution in [2.75, 3.05) is 11.9 Å². The van der Waals surface area contributed by atoms with E-state index in [1.165, 1.54) is 17.8 Å². The maximum atomic E-state index is 12.9. The molecule has 4 nitrogen and oxygen atoms in total. The summed E-state index contributed by atoms with van der Waals surface area (Å²) in [7, 11) is 0. The summed E-state index contributed by atoms with van der Waals surface area (Å²) in [5.74, 6) is -0.812. The van der Waals surface area contributed by atoms with Crippen LogP contribution in [-0.4, -0.2) is 12.5 Å². The number of amides is 1. The number of rotatable bonds is 7. The summed E-state index contributed by atoms with van der Waals surface area (Å²) >= 11 is 5.54. The molecule has 0 aliphatic rings. The standard InChI is InChI=1S/C20H17ClF3N3O/c21-18-9-8-16(11-17(18)20(22,23)24)27-19(28)15(12-25)13-26-10-4-7-14-5-2-1-3-6-14/h1-3,5-6,8-9,11,13,26H,4,7,10H2,(H,27,28)/b15-13-. The number of hydrogen-bond acceptors (Lipinski definition) is 3. The van der Waals surface area contributed by atoms with E-state index in [-0.39, 0.29) is 11.3 Å². The maximum Gasteiger partial charge on any atom is 0.417 e. The molecule has 2 rings (SSSR count). The van der Waals surface area contributed by atoms with Crippen LogP contribution in [0.5, 0.6) is 0 Å². The molecule has 0 bridgehead atoms. The van der Waals surface area contributed by atoms with Gasteiger partial charge in [0, 0.05) is 18.4 Å². The van der Waals surface area contributed by atoms with Crippen LogP contribution >= 0.6 is 11.6 Å². The smallest absolute Gasteiger partial charge is 0.390 e. The summed E-state index contributed by atoms with van der Waals surface area (Å²) in [4.78, 5) is 12.1. The Labute approximate surface area is 165 Å². The van der Waals surface area contributed by atoms with Crippen molar-refractivity contribution in [3.63, 3.8) is 0 Å². The summed E-state index contributed by atoms with van der Waals surface area (Å²) in [6.07, 6.45) is -1.78. The molecule has 0 aliphatic heterocycles. The third kappa shape index (κ3) is 6.32. The first kappa shape index (κ1) is 21.3. The lowest BCUT2D eigenvalue weighted by atomic mass is 10.1. The first-order valence-corrected chi connectivity index (χ1v) is 8.74. The lowest BCUT2D eigenvalue weighted by molar-refractivity contribution is -0.137. The number of nitrogens with one attached hydrogen (secondary N) is 2. The number of halogens is 4. The molecule has 0 saturated carbocycles. The summed E-state index contributed by atoms with van der Waals surface area (Å²) in [5.41, 5.74) is -0.238. The van der Waals surface area contributed by atoms with Gasteiger partial charge in [-0.2, -0.15) is 18.4 Å². The van der Waals surface area contributed by atoms with Crippen LogP contribution in [0.15, 0.2) is 60.3 Å². The van der Waals surface area contributed by atoms with E-state index in [1.54, 1.807) is 6.07 Å². The van der Waals surface area contributed by atoms with E-state index >= 15 is 0 Å². The van der Waals surface area contributed by atoms with Crippen molar-refractivity contribution in [3.8, 4) is 6.07 Å². The Kier molecular flexibility index (Phi) is 7.47. The van der Waals surface area contributed by atoms with Crippen LogP contribution in [0.25, 0.3) is 0 Å². The minimum absolute atomic E-state index is 0.105. The van der Waals surface area contributed by atoms with Gasteiger partial charge in [0.2, 0.25) is 0 Å². The van der Waals surface area contributed by atoms with Crippen molar-refractivity contribution in [3.05, 3.63) is 76.5 Å². The molecule has 2 N–H and O–H groups in total. The molecule has 8 heteroatoms. The van der Waals surface area contributed by atoms with Crippen molar-refractivity contribution < 1.29 is 18.0 Å². The van der Waals surface area contributed by atoms with Gasteiger partial charge in [0.15, 0.2) is 0 Å². The van der Waals surface area contributed by atoms with Crippen LogP contribution in [0.1, 0.15) is 17.5 Å². The van der Waals surface area contributed by atoms with Gasteiger partial charge in [0.05, 0.1) is 10.6 Å². The van der Waals surface area contributed by atoms with Gasteiger partial charge in [0.25, 0.3) is 5.91 Å². The lowest BCUT2D eigenvalue weighted by Gasteiger charge is -2.11. The van der Waals surface area contributed by atoms with Crippen LogP contribution in [0.2, 0.25) is 5.02 Å². The number of aryl methyl sites for hydroxylation is 1. The Morgan fingerprint density at radius 1 is 1.18 bits per heavy atom. The Balaban J connectivity index is 1.92. The fourth-order valence-electron chi connectivity index (χ4n) is 2.38. The number of anilines is 1. The molecular formula is C20H17ClF3N3O. The SMILES string of the molecule is N#C/C(=C/NCCCc1ccccc1)C(=O)Nc1ccc(Cl)c(C(F)(F)F)c1. The topological polar surface area (TPSA) is 64.9 Å². The summed E-state index contributed by atoms with van der Waals surface area (Å²) in [5, 5.41) is 13.8. The van der Waals surface area contributed by atoms with Gasteiger partial charge in [-0.25, -0.2) is 0 Å². The van der Waals surface area contributed by atoms with E-state index in [9.17, 15) is 18.0 Å². The monoisotopic (exact) mass is 407 g/mol. The van der Waals surface area contributed by atoms with Crippen LogP contribution < -0.4 is 10.6 Å². The van der Waals surface area contributed by atoms with Gasteiger partial charge >= 0.3 is 6.18 Å². The number of hydrogen-bond donors (Lipinski definition) is 2. The fraction of sp³-hybridized carbons (Fsp3) is 0.200. The van der Waals surface area contributed by atoms with Crippen LogP contribution in [0.3, 0.4) is 0 Å². The molecule has 2 aromatic carbocycles. The minimum atomic E-state index is -4.65. The third-order valence-corrected chi connectivity index (χ3v) is 4.10. The number of nitrogens with zero attached hydrogens (tertiary/aromatic N) is 1. The minimum Gasteiger partial charge on any atom is -0.390 e. The van der Waals surface area contributed by atoms with Gasteiger partial charge in [-0.1, -0.05) is 41.9 Å². The predicted octanol–water partition coefficient (Wildman–Crippen LogP) is 4.93. The molecule has 0 heterocycles. The molecule has 28 heavy (non-hydrogen) atoms. The number of carbonyl (C=O) groups excluding carboxylic acids is 1. The first-order valence-electron chi connectivity index (χ1n) is 8.37. The number of benzene rings is 2. The zero-order valence-corrected chi connectivity index (χ0v) is 15.4. The third-order valence-electron chi connectivity index (χ3n) is 3.77. The lowest BCUT2D eigenvalue weighted by Crippen LogP contribution is -2.18. The molecule has 0 spiro atoms. The van der Waals surface area contributed by atoms with Crippen LogP contribution in [0, 0.1) is 11.3 Å². The van der Waals surface area contributed by atoms with Crippen LogP contribution in [0.4, 0.5) is 18.9 Å². The van der Waals surface area contributed by atoms with Gasteiger partial charge in [-0.3, -0.25) is 4.79 Å². The van der Waals surface area contributed by atoms with E-state index in [2.05, 4.69) is 10.6 Å². The van der Waals surface area contributed by atoms with Crippen molar-refractivity contribution >= 4 is 23.2 Å². The molecule has 0 atom stereocenters. The normalized spacial score (nSPS) is 11.6. The van der Waals surface area contributed by atoms with Crippen molar-refractivity contribution in [1.29, 1.82) is 5.26 Å². The van der Waals surface area contributed by atoms with Crippen molar-refractivity contribution in [2.24, 2.45) is 0 Å². The zero-order valence-electron chi connectivity index (χ0n) is 14.7. The highest BCUT2D eigenvalue weighted by atomic mass is 35.5. The maximum absolute atomic E-state index is 12.9. The molecule has 0 fully saturated rings. The molecule has 146 valence electrons. The van der Waals surface area contributed by atoms with Crippen molar-refractivity contribution in [1.82, 2.24) is 5.32 Å². The second-order valence-corrected chi connectivity index (χ2v) is 6.27. The van der Waals surface area contributed by atoms with Gasteiger partial charge in [-0.05, 0) is 36.6 Å². The summed E-state index contributed by atoms with van der Waals surface area (Å²) in [6.45, 7) is 0.534. The van der Waals surface area contributed by atoms with Gasteiger partial charge in [0.1, 0.15) is 11.6 Å². The average Bonchev–Trinajstić information content (AvgIpc) is 2.66. The zero-order chi connectivity index (χ0) is 20.6. The largest absolute Gasteiger partial charge is 0.417 e. The Morgan fingerprint density at radius 2 is 1.89 bits per heavy atom. The molecule has 0 saturated heterocycles. The molecule has 0 aliphatic carbocycles. The number of carbonyl (C=O) groups is 1. The molecule has 0 unspecified atom stereocenters. The van der Waals surface area contributed by atoms with Crippen molar-refractivity contribution in [2.45, 2.75) is 19.0 Å². The second kappa shape index (κ2) is 9.81. The van der Waals surface area contributed by atoms with E-state index in [0.29, 0.717) is 6.54 Å². The Hall–Kier alpha value is -2.98. The highest BCUT2D eigenvalue weighted by Crippen LogP contribution is 2.36. The number of alkyl halides is 3. The quantitative estimate of drug-likeness (QED) is 0.388. The first-order chi connectivity index (χ1) is 13.3. The molecular weight excluding hydrogens is 391 g/mol. The van der Waals surface area contributed by atoms with Gasteiger partial charge < -0.3 is 10.6 Å². The Bertz CT molecular complexity index is 890. The van der Waals surface area contributed by atoms with E-state index in [0.717, 1.165) is 25.0 Å². The molecule has 0 aromatic heterocycles. The van der Waals surface area contributed by atoms with E-state index in [1.807, 2.05) is 30.3 Å².